The standard InChI is InChI=1S/C64H44N2S/c1-4-18-45(19-5-1)61-42-48-20-10-11-21-49(48)43-62(61)66(54-40-41-60-59-30-16-17-31-63(59)67-64(60)44-54)53-38-34-47(35-39-53)56-27-13-15-29-58(56)57-28-14-12-26-55(57)46-32-36-52(37-33-46)65(50-22-6-2-7-23-50)51-24-8-3-9-25-51/h1-44H. The van der Waals surface area contributed by atoms with E-state index in [1.807, 2.05) is 11.3 Å². The van der Waals surface area contributed by atoms with Crippen molar-refractivity contribution in [1.82, 2.24) is 0 Å². The molecule has 2 nitrogen and oxygen atoms in total. The van der Waals surface area contributed by atoms with Crippen molar-refractivity contribution in [3.8, 4) is 44.5 Å². The van der Waals surface area contributed by atoms with Crippen LogP contribution in [-0.2, 0) is 0 Å². The fourth-order valence-corrected chi connectivity index (χ4v) is 10.8. The van der Waals surface area contributed by atoms with Crippen LogP contribution < -0.4 is 9.80 Å². The number of anilines is 6. The number of para-hydroxylation sites is 2. The summed E-state index contributed by atoms with van der Waals surface area (Å²) < 4.78 is 2.57. The third-order valence-corrected chi connectivity index (χ3v) is 14.0. The van der Waals surface area contributed by atoms with Crippen LogP contribution in [0.2, 0.25) is 0 Å². The maximum absolute atomic E-state index is 2.45. The Labute approximate surface area is 395 Å². The van der Waals surface area contributed by atoms with E-state index < -0.39 is 0 Å². The number of hydrogen-bond acceptors (Lipinski definition) is 3. The molecule has 0 unspecified atom stereocenters. The summed E-state index contributed by atoms with van der Waals surface area (Å²) in [5.41, 5.74) is 16.2. The average Bonchev–Trinajstić information content (AvgIpc) is 3.78. The summed E-state index contributed by atoms with van der Waals surface area (Å²) in [6.45, 7) is 0. The highest BCUT2D eigenvalue weighted by atomic mass is 32.1. The van der Waals surface area contributed by atoms with Gasteiger partial charge in [0.05, 0.1) is 5.69 Å². The van der Waals surface area contributed by atoms with Gasteiger partial charge in [0.15, 0.2) is 0 Å². The van der Waals surface area contributed by atoms with Gasteiger partial charge >= 0.3 is 0 Å². The minimum absolute atomic E-state index is 1.09. The molecule has 1 heterocycles. The third kappa shape index (κ3) is 7.62. The molecule has 0 saturated carbocycles. The van der Waals surface area contributed by atoms with E-state index in [0.29, 0.717) is 0 Å². The van der Waals surface area contributed by atoms with Gasteiger partial charge < -0.3 is 9.80 Å². The van der Waals surface area contributed by atoms with E-state index in [1.165, 1.54) is 69.9 Å². The molecule has 316 valence electrons. The summed E-state index contributed by atoms with van der Waals surface area (Å²) >= 11 is 1.86. The molecule has 0 aliphatic rings. The Hall–Kier alpha value is -8.50. The molecule has 0 saturated heterocycles. The highest BCUT2D eigenvalue weighted by Crippen LogP contribution is 2.47. The minimum atomic E-state index is 1.09. The molecular formula is C64H44N2S. The molecule has 3 heteroatoms. The normalized spacial score (nSPS) is 11.3. The number of fused-ring (bicyclic) bond motifs is 4. The fraction of sp³-hybridized carbons (Fsp3) is 0. The summed E-state index contributed by atoms with van der Waals surface area (Å²) in [4.78, 5) is 4.75. The van der Waals surface area contributed by atoms with Crippen LogP contribution in [0.4, 0.5) is 34.1 Å². The van der Waals surface area contributed by atoms with Crippen molar-refractivity contribution in [2.24, 2.45) is 0 Å². The molecule has 0 spiro atoms. The lowest BCUT2D eigenvalue weighted by atomic mass is 9.89. The topological polar surface area (TPSA) is 6.48 Å². The van der Waals surface area contributed by atoms with Gasteiger partial charge in [-0.2, -0.15) is 0 Å². The van der Waals surface area contributed by atoms with Crippen molar-refractivity contribution in [2.75, 3.05) is 9.80 Å². The summed E-state index contributed by atoms with van der Waals surface area (Å²) in [6, 6.07) is 96.8. The predicted molar refractivity (Wildman–Crippen MR) is 288 cm³/mol. The van der Waals surface area contributed by atoms with Crippen LogP contribution in [0, 0.1) is 0 Å². The molecule has 0 bridgehead atoms. The van der Waals surface area contributed by atoms with E-state index in [0.717, 1.165) is 39.7 Å². The fourth-order valence-electron chi connectivity index (χ4n) is 9.66. The summed E-state index contributed by atoms with van der Waals surface area (Å²) in [6.07, 6.45) is 0. The van der Waals surface area contributed by atoms with E-state index in [9.17, 15) is 0 Å². The lowest BCUT2D eigenvalue weighted by Gasteiger charge is -2.29. The van der Waals surface area contributed by atoms with Crippen LogP contribution in [0.5, 0.6) is 0 Å². The lowest BCUT2D eigenvalue weighted by molar-refractivity contribution is 1.28. The Kier molecular flexibility index (Phi) is 10.4. The Bertz CT molecular complexity index is 3630. The summed E-state index contributed by atoms with van der Waals surface area (Å²) in [5.74, 6) is 0. The first-order valence-electron chi connectivity index (χ1n) is 22.8. The van der Waals surface area contributed by atoms with Gasteiger partial charge in [0.1, 0.15) is 0 Å². The van der Waals surface area contributed by atoms with Gasteiger partial charge in [-0.25, -0.2) is 0 Å². The van der Waals surface area contributed by atoms with Gasteiger partial charge in [-0.3, -0.25) is 0 Å². The predicted octanol–water partition coefficient (Wildman–Crippen LogP) is 18.8. The van der Waals surface area contributed by atoms with Gasteiger partial charge in [0.2, 0.25) is 0 Å². The number of hydrogen-bond donors (Lipinski definition) is 0. The van der Waals surface area contributed by atoms with Crippen LogP contribution >= 0.6 is 11.3 Å². The van der Waals surface area contributed by atoms with Crippen LogP contribution in [0.25, 0.3) is 75.5 Å². The zero-order valence-electron chi connectivity index (χ0n) is 36.7. The second kappa shape index (κ2) is 17.5. The Morgan fingerprint density at radius 2 is 0.657 bits per heavy atom. The Morgan fingerprint density at radius 3 is 1.25 bits per heavy atom. The highest BCUT2D eigenvalue weighted by Gasteiger charge is 2.21. The van der Waals surface area contributed by atoms with E-state index in [4.69, 9.17) is 0 Å². The molecular weight excluding hydrogens is 829 g/mol. The molecule has 0 fully saturated rings. The molecule has 0 aliphatic carbocycles. The lowest BCUT2D eigenvalue weighted by Crippen LogP contribution is -2.11. The maximum atomic E-state index is 2.45. The quantitative estimate of drug-likeness (QED) is 0.135. The van der Waals surface area contributed by atoms with Gasteiger partial charge in [-0.1, -0.05) is 188 Å². The molecule has 0 N–H and O–H groups in total. The number of benzene rings is 11. The minimum Gasteiger partial charge on any atom is -0.311 e. The molecule has 0 atom stereocenters. The zero-order valence-corrected chi connectivity index (χ0v) is 37.5. The van der Waals surface area contributed by atoms with E-state index in [1.54, 1.807) is 0 Å². The molecule has 0 radical (unpaired) electrons. The number of thiophene rings is 1. The summed E-state index contributed by atoms with van der Waals surface area (Å²) in [5, 5.41) is 5.01. The van der Waals surface area contributed by atoms with Crippen molar-refractivity contribution < 1.29 is 0 Å². The first-order chi connectivity index (χ1) is 33.2. The number of rotatable bonds is 10. The average molecular weight is 873 g/mol. The molecule has 67 heavy (non-hydrogen) atoms. The molecule has 0 aliphatic heterocycles. The van der Waals surface area contributed by atoms with Crippen LogP contribution in [-0.4, -0.2) is 0 Å². The van der Waals surface area contributed by atoms with E-state index >= 15 is 0 Å². The second-order valence-electron chi connectivity index (χ2n) is 16.9. The first-order valence-corrected chi connectivity index (χ1v) is 23.6. The SMILES string of the molecule is c1ccc(-c2cc3ccccc3cc2N(c2ccc(-c3ccccc3-c3ccccc3-c3ccc(N(c4ccccc4)c4ccccc4)cc3)cc2)c2ccc3c(c2)sc2ccccc23)cc1. The van der Waals surface area contributed by atoms with Gasteiger partial charge in [0.25, 0.3) is 0 Å². The van der Waals surface area contributed by atoms with E-state index in [-0.39, 0.29) is 0 Å². The molecule has 12 rings (SSSR count). The molecule has 11 aromatic carbocycles. The van der Waals surface area contributed by atoms with Crippen LogP contribution in [0.1, 0.15) is 0 Å². The maximum Gasteiger partial charge on any atom is 0.0546 e. The largest absolute Gasteiger partial charge is 0.311 e. The van der Waals surface area contributed by atoms with Gasteiger partial charge in [0, 0.05) is 54.2 Å². The van der Waals surface area contributed by atoms with Crippen molar-refractivity contribution in [1.29, 1.82) is 0 Å². The van der Waals surface area contributed by atoms with Gasteiger partial charge in [-0.05, 0) is 129 Å². The van der Waals surface area contributed by atoms with Crippen LogP contribution in [0.15, 0.2) is 267 Å². The smallest absolute Gasteiger partial charge is 0.0546 e. The first kappa shape index (κ1) is 40.0. The molecule has 0 amide bonds. The third-order valence-electron chi connectivity index (χ3n) is 12.9. The van der Waals surface area contributed by atoms with E-state index in [2.05, 4.69) is 277 Å². The number of nitrogens with zero attached hydrogens (tertiary/aromatic N) is 2. The van der Waals surface area contributed by atoms with Crippen molar-refractivity contribution >= 4 is 76.4 Å². The highest BCUT2D eigenvalue weighted by molar-refractivity contribution is 7.25. The van der Waals surface area contributed by atoms with Crippen molar-refractivity contribution in [3.63, 3.8) is 0 Å². The Morgan fingerprint density at radius 1 is 0.239 bits per heavy atom. The van der Waals surface area contributed by atoms with Crippen molar-refractivity contribution in [2.45, 2.75) is 0 Å². The zero-order chi connectivity index (χ0) is 44.5. The van der Waals surface area contributed by atoms with Crippen LogP contribution in [0.3, 0.4) is 0 Å². The molecule has 12 aromatic rings. The van der Waals surface area contributed by atoms with Gasteiger partial charge in [-0.15, -0.1) is 11.3 Å². The Balaban J connectivity index is 0.951. The molecule has 1 aromatic heterocycles. The second-order valence-corrected chi connectivity index (χ2v) is 18.0. The monoisotopic (exact) mass is 872 g/mol. The van der Waals surface area contributed by atoms with Crippen molar-refractivity contribution in [3.05, 3.63) is 267 Å². The summed E-state index contributed by atoms with van der Waals surface area (Å²) in [7, 11) is 0.